The third-order valence-corrected chi connectivity index (χ3v) is 4.32. The lowest BCUT2D eigenvalue weighted by Gasteiger charge is -2.03. The van der Waals surface area contributed by atoms with Crippen LogP contribution in [0.25, 0.3) is 11.5 Å². The molecule has 3 rings (SSSR count). The van der Waals surface area contributed by atoms with E-state index in [0.717, 1.165) is 22.3 Å². The molecule has 5 nitrogen and oxygen atoms in total. The molecule has 0 aliphatic heterocycles. The fourth-order valence-electron chi connectivity index (χ4n) is 2.37. The summed E-state index contributed by atoms with van der Waals surface area (Å²) in [6, 6.07) is 12.7. The summed E-state index contributed by atoms with van der Waals surface area (Å²) in [5.74, 6) is -0.0669. The number of hydrogen-bond acceptors (Lipinski definition) is 6. The quantitative estimate of drug-likeness (QED) is 0.665. The molecule has 1 heterocycles. The zero-order valence-electron chi connectivity index (χ0n) is 13.3. The summed E-state index contributed by atoms with van der Waals surface area (Å²) < 4.78 is 5.70. The van der Waals surface area contributed by atoms with Crippen LogP contribution in [0.15, 0.2) is 52.1 Å². The Balaban J connectivity index is 1.69. The van der Waals surface area contributed by atoms with Crippen LogP contribution in [0.2, 0.25) is 0 Å². The van der Waals surface area contributed by atoms with E-state index < -0.39 is 5.97 Å². The van der Waals surface area contributed by atoms with Crippen LogP contribution in [0.5, 0.6) is 0 Å². The number of aromatic nitrogens is 2. The van der Waals surface area contributed by atoms with Crippen molar-refractivity contribution in [2.24, 2.45) is 0 Å². The molecular formula is C18H15N2O3S-. The Hall–Kier alpha value is -2.60. The van der Waals surface area contributed by atoms with Crippen molar-refractivity contribution in [2.45, 2.75) is 24.8 Å². The molecule has 3 aromatic rings. The number of nitrogens with zero attached hydrogens (tertiary/aromatic N) is 2. The van der Waals surface area contributed by atoms with Gasteiger partial charge in [0.05, 0.1) is 5.97 Å². The van der Waals surface area contributed by atoms with E-state index in [1.54, 1.807) is 12.1 Å². The first-order chi connectivity index (χ1) is 11.5. The first-order valence-electron chi connectivity index (χ1n) is 7.36. The summed E-state index contributed by atoms with van der Waals surface area (Å²) in [6.45, 7) is 4.05. The Morgan fingerprint density at radius 3 is 2.38 bits per heavy atom. The zero-order chi connectivity index (χ0) is 17.1. The molecular weight excluding hydrogens is 324 g/mol. The lowest BCUT2D eigenvalue weighted by atomic mass is 10.1. The summed E-state index contributed by atoms with van der Waals surface area (Å²) in [5.41, 5.74) is 4.33. The Bertz CT molecular complexity index is 852. The van der Waals surface area contributed by atoms with Crippen molar-refractivity contribution in [1.29, 1.82) is 0 Å². The minimum atomic E-state index is -1.18. The molecule has 0 atom stereocenters. The molecule has 2 aromatic carbocycles. The minimum absolute atomic E-state index is 0.165. The van der Waals surface area contributed by atoms with E-state index in [-0.39, 0.29) is 5.56 Å². The van der Waals surface area contributed by atoms with E-state index in [1.165, 1.54) is 23.9 Å². The maximum Gasteiger partial charge on any atom is 0.277 e. The van der Waals surface area contributed by atoms with E-state index in [0.29, 0.717) is 16.9 Å². The lowest BCUT2D eigenvalue weighted by Crippen LogP contribution is -2.21. The maximum atomic E-state index is 10.7. The van der Waals surface area contributed by atoms with E-state index in [2.05, 4.69) is 16.3 Å². The number of thioether (sulfide) groups is 1. The second-order valence-electron chi connectivity index (χ2n) is 5.52. The van der Waals surface area contributed by atoms with Gasteiger partial charge in [-0.05, 0) is 37.1 Å². The summed E-state index contributed by atoms with van der Waals surface area (Å²) >= 11 is 1.41. The fraction of sp³-hybridized carbons (Fsp3) is 0.167. The molecule has 0 N–H and O–H groups in total. The molecule has 24 heavy (non-hydrogen) atoms. The number of carbonyl (C=O) groups excluding carboxylic acids is 1. The van der Waals surface area contributed by atoms with Gasteiger partial charge in [0.15, 0.2) is 0 Å². The number of aryl methyl sites for hydroxylation is 2. The number of carboxylic acid groups (broad SMARTS) is 1. The van der Waals surface area contributed by atoms with Gasteiger partial charge in [0, 0.05) is 11.3 Å². The van der Waals surface area contributed by atoms with Crippen LogP contribution in [0.1, 0.15) is 27.0 Å². The second-order valence-corrected chi connectivity index (χ2v) is 6.45. The third-order valence-electron chi connectivity index (χ3n) is 3.43. The highest BCUT2D eigenvalue weighted by Gasteiger charge is 2.10. The first kappa shape index (κ1) is 16.3. The fourth-order valence-corrected chi connectivity index (χ4v) is 3.08. The van der Waals surface area contributed by atoms with E-state index in [9.17, 15) is 9.90 Å². The van der Waals surface area contributed by atoms with Gasteiger partial charge in [-0.15, -0.1) is 10.2 Å². The van der Waals surface area contributed by atoms with Crippen molar-refractivity contribution in [3.8, 4) is 11.5 Å². The summed E-state index contributed by atoms with van der Waals surface area (Å²) in [6.07, 6.45) is 0. The first-order valence-corrected chi connectivity index (χ1v) is 8.35. The standard InChI is InChI=1S/C18H16N2O3S/c1-11-7-12(2)9-15(8-11)16-19-20-18(23-16)24-10-13-3-5-14(6-4-13)17(21)22/h3-9H,10H2,1-2H3,(H,21,22)/p-1. The largest absolute Gasteiger partial charge is 0.545 e. The van der Waals surface area contributed by atoms with Gasteiger partial charge >= 0.3 is 0 Å². The van der Waals surface area contributed by atoms with Gasteiger partial charge in [-0.1, -0.05) is 53.2 Å². The van der Waals surface area contributed by atoms with Crippen molar-refractivity contribution in [3.63, 3.8) is 0 Å². The number of hydrogen-bond donors (Lipinski definition) is 0. The number of rotatable bonds is 5. The molecule has 122 valence electrons. The average molecular weight is 339 g/mol. The minimum Gasteiger partial charge on any atom is -0.545 e. The van der Waals surface area contributed by atoms with Crippen LogP contribution in [-0.2, 0) is 5.75 Å². The molecule has 0 saturated carbocycles. The van der Waals surface area contributed by atoms with Crippen LogP contribution in [0.3, 0.4) is 0 Å². The topological polar surface area (TPSA) is 79.0 Å². The number of carboxylic acids is 1. The predicted octanol–water partition coefficient (Wildman–Crippen LogP) is 3.01. The molecule has 0 unspecified atom stereocenters. The Kier molecular flexibility index (Phi) is 4.66. The van der Waals surface area contributed by atoms with Gasteiger partial charge in [-0.2, -0.15) is 0 Å². The second kappa shape index (κ2) is 6.88. The summed E-state index contributed by atoms with van der Waals surface area (Å²) in [5, 5.41) is 19.4. The maximum absolute atomic E-state index is 10.7. The average Bonchev–Trinajstić information content (AvgIpc) is 3.01. The molecule has 6 heteroatoms. The monoisotopic (exact) mass is 339 g/mol. The third kappa shape index (κ3) is 3.83. The van der Waals surface area contributed by atoms with Crippen molar-refractivity contribution in [2.75, 3.05) is 0 Å². The van der Waals surface area contributed by atoms with Crippen LogP contribution >= 0.6 is 11.8 Å². The summed E-state index contributed by atoms with van der Waals surface area (Å²) in [4.78, 5) is 10.7. The molecule has 0 saturated heterocycles. The highest BCUT2D eigenvalue weighted by atomic mass is 32.2. The van der Waals surface area contributed by atoms with E-state index in [1.807, 2.05) is 26.0 Å². The Morgan fingerprint density at radius 2 is 1.75 bits per heavy atom. The molecule has 0 aliphatic rings. The van der Waals surface area contributed by atoms with Gasteiger partial charge in [0.1, 0.15) is 0 Å². The highest BCUT2D eigenvalue weighted by Crippen LogP contribution is 2.26. The normalized spacial score (nSPS) is 10.8. The van der Waals surface area contributed by atoms with Crippen molar-refractivity contribution < 1.29 is 14.3 Å². The number of carbonyl (C=O) groups is 1. The Labute approximate surface area is 143 Å². The van der Waals surface area contributed by atoms with Gasteiger partial charge < -0.3 is 14.3 Å². The van der Waals surface area contributed by atoms with E-state index >= 15 is 0 Å². The Morgan fingerprint density at radius 1 is 1.08 bits per heavy atom. The molecule has 0 amide bonds. The molecule has 0 radical (unpaired) electrons. The number of benzene rings is 2. The number of aromatic carboxylic acids is 1. The van der Waals surface area contributed by atoms with Gasteiger partial charge in [0.25, 0.3) is 5.22 Å². The predicted molar refractivity (Wildman–Crippen MR) is 89.5 cm³/mol. The van der Waals surface area contributed by atoms with Crippen molar-refractivity contribution >= 4 is 17.7 Å². The molecule has 1 aromatic heterocycles. The molecule has 0 aliphatic carbocycles. The molecule has 0 bridgehead atoms. The molecule has 0 fully saturated rings. The highest BCUT2D eigenvalue weighted by molar-refractivity contribution is 7.98. The van der Waals surface area contributed by atoms with Gasteiger partial charge in [-0.25, -0.2) is 0 Å². The van der Waals surface area contributed by atoms with E-state index in [4.69, 9.17) is 4.42 Å². The smallest absolute Gasteiger partial charge is 0.277 e. The van der Waals surface area contributed by atoms with Crippen LogP contribution in [0.4, 0.5) is 0 Å². The molecule has 0 spiro atoms. The van der Waals surface area contributed by atoms with Gasteiger partial charge in [0.2, 0.25) is 5.89 Å². The van der Waals surface area contributed by atoms with Crippen LogP contribution < -0.4 is 5.11 Å². The van der Waals surface area contributed by atoms with Crippen molar-refractivity contribution in [1.82, 2.24) is 10.2 Å². The SMILES string of the molecule is Cc1cc(C)cc(-c2nnc(SCc3ccc(C(=O)[O-])cc3)o2)c1. The van der Waals surface area contributed by atoms with Crippen molar-refractivity contribution in [3.05, 3.63) is 64.7 Å². The van der Waals surface area contributed by atoms with Crippen LogP contribution in [-0.4, -0.2) is 16.2 Å². The van der Waals surface area contributed by atoms with Gasteiger partial charge in [-0.3, -0.25) is 0 Å². The van der Waals surface area contributed by atoms with Crippen LogP contribution in [0, 0.1) is 13.8 Å². The zero-order valence-corrected chi connectivity index (χ0v) is 14.1. The lowest BCUT2D eigenvalue weighted by molar-refractivity contribution is -0.255. The summed E-state index contributed by atoms with van der Waals surface area (Å²) in [7, 11) is 0.